The zero-order chi connectivity index (χ0) is 14.6. The summed E-state index contributed by atoms with van der Waals surface area (Å²) < 4.78 is 27.4. The van der Waals surface area contributed by atoms with Crippen LogP contribution in [0.4, 0.5) is 0 Å². The van der Waals surface area contributed by atoms with Gasteiger partial charge in [0.05, 0.1) is 26.0 Å². The molecule has 0 aliphatic heterocycles. The molecule has 0 spiro atoms. The predicted octanol–water partition coefficient (Wildman–Crippen LogP) is 3.54. The molecule has 112 valence electrons. The van der Waals surface area contributed by atoms with Gasteiger partial charge in [0.1, 0.15) is 0 Å². The smallest absolute Gasteiger partial charge is 0.330 e. The summed E-state index contributed by atoms with van der Waals surface area (Å²) in [6, 6.07) is 0. The number of esters is 1. The van der Waals surface area contributed by atoms with Gasteiger partial charge < -0.3 is 13.8 Å². The molecule has 0 aliphatic rings. The largest absolute Gasteiger partial charge is 0.463 e. The van der Waals surface area contributed by atoms with E-state index in [0.29, 0.717) is 26.0 Å². The molecule has 0 aliphatic carbocycles. The number of carbonyl (C=O) groups is 1. The highest BCUT2D eigenvalue weighted by Gasteiger charge is 2.22. The Bertz CT molecular complexity index is 293. The minimum Gasteiger partial charge on any atom is -0.463 e. The monoisotopic (exact) mass is 292 g/mol. The van der Waals surface area contributed by atoms with E-state index in [-0.39, 0.29) is 0 Å². The quantitative estimate of drug-likeness (QED) is 0.238. The predicted molar refractivity (Wildman–Crippen MR) is 75.3 cm³/mol. The third-order valence-corrected chi connectivity index (χ3v) is 4.56. The van der Waals surface area contributed by atoms with Gasteiger partial charge >= 0.3 is 13.6 Å². The van der Waals surface area contributed by atoms with E-state index in [1.54, 1.807) is 13.8 Å². The molecule has 5 nitrogen and oxygen atoms in total. The summed E-state index contributed by atoms with van der Waals surface area (Å²) in [5.41, 5.74) is 0. The normalized spacial score (nSPS) is 11.3. The molecule has 0 fully saturated rings. The maximum atomic E-state index is 12.1. The van der Waals surface area contributed by atoms with Gasteiger partial charge in [-0.2, -0.15) is 0 Å². The fourth-order valence-electron chi connectivity index (χ4n) is 1.55. The zero-order valence-electron chi connectivity index (χ0n) is 11.9. The first kappa shape index (κ1) is 18.4. The molecule has 0 heterocycles. The molecular weight excluding hydrogens is 267 g/mol. The first-order valence-corrected chi connectivity index (χ1v) is 8.48. The van der Waals surface area contributed by atoms with Gasteiger partial charge in [-0.1, -0.05) is 19.4 Å². The van der Waals surface area contributed by atoms with Crippen molar-refractivity contribution in [3.63, 3.8) is 0 Å². The third kappa shape index (κ3) is 9.88. The maximum Gasteiger partial charge on any atom is 0.330 e. The van der Waals surface area contributed by atoms with Crippen LogP contribution in [0.15, 0.2) is 12.7 Å². The van der Waals surface area contributed by atoms with Gasteiger partial charge in [-0.05, 0) is 26.7 Å². The Balaban J connectivity index is 3.63. The molecule has 0 unspecified atom stereocenters. The van der Waals surface area contributed by atoms with Crippen molar-refractivity contribution in [1.29, 1.82) is 0 Å². The number of hydrogen-bond acceptors (Lipinski definition) is 5. The highest BCUT2D eigenvalue weighted by molar-refractivity contribution is 7.53. The number of rotatable bonds is 12. The molecule has 0 amide bonds. The maximum absolute atomic E-state index is 12.1. The van der Waals surface area contributed by atoms with Crippen molar-refractivity contribution < 1.29 is 23.1 Å². The van der Waals surface area contributed by atoms with Crippen molar-refractivity contribution in [2.75, 3.05) is 26.0 Å². The fourth-order valence-corrected chi connectivity index (χ4v) is 3.28. The second-order valence-corrected chi connectivity index (χ2v) is 6.14. The molecule has 19 heavy (non-hydrogen) atoms. The molecular formula is C13H25O5P. The van der Waals surface area contributed by atoms with E-state index in [1.165, 1.54) is 0 Å². The van der Waals surface area contributed by atoms with Crippen LogP contribution in [0.2, 0.25) is 0 Å². The Kier molecular flexibility index (Phi) is 10.8. The Morgan fingerprint density at radius 1 is 1.11 bits per heavy atom. The number of carbonyl (C=O) groups excluding carboxylic acids is 1. The Morgan fingerprint density at radius 3 is 2.21 bits per heavy atom. The Morgan fingerprint density at radius 2 is 1.68 bits per heavy atom. The second-order valence-electron chi connectivity index (χ2n) is 3.96. The minimum atomic E-state index is -2.89. The van der Waals surface area contributed by atoms with Gasteiger partial charge in [0.15, 0.2) is 0 Å². The first-order chi connectivity index (χ1) is 9.08. The van der Waals surface area contributed by atoms with Crippen LogP contribution in [0.25, 0.3) is 0 Å². The van der Waals surface area contributed by atoms with Gasteiger partial charge in [-0.3, -0.25) is 4.57 Å². The Labute approximate surface area is 115 Å². The van der Waals surface area contributed by atoms with E-state index in [1.807, 2.05) is 0 Å². The molecule has 0 bridgehead atoms. The number of hydrogen-bond donors (Lipinski definition) is 0. The highest BCUT2D eigenvalue weighted by atomic mass is 31.2. The van der Waals surface area contributed by atoms with Crippen molar-refractivity contribution in [2.45, 2.75) is 39.5 Å². The molecule has 0 atom stereocenters. The summed E-state index contributed by atoms with van der Waals surface area (Å²) in [5.74, 6) is -0.391. The summed E-state index contributed by atoms with van der Waals surface area (Å²) >= 11 is 0. The summed E-state index contributed by atoms with van der Waals surface area (Å²) in [6.45, 7) is 8.13. The van der Waals surface area contributed by atoms with Gasteiger partial charge in [-0.15, -0.1) is 0 Å². The first-order valence-electron chi connectivity index (χ1n) is 6.75. The molecule has 0 N–H and O–H groups in total. The molecule has 0 rings (SSSR count). The topological polar surface area (TPSA) is 61.8 Å². The van der Waals surface area contributed by atoms with Crippen molar-refractivity contribution >= 4 is 13.6 Å². The lowest BCUT2D eigenvalue weighted by molar-refractivity contribution is -0.137. The average Bonchev–Trinajstić information content (AvgIpc) is 2.37. The van der Waals surface area contributed by atoms with Crippen LogP contribution in [0, 0.1) is 0 Å². The van der Waals surface area contributed by atoms with Crippen LogP contribution in [-0.4, -0.2) is 32.0 Å². The van der Waals surface area contributed by atoms with Crippen molar-refractivity contribution in [3.8, 4) is 0 Å². The van der Waals surface area contributed by atoms with E-state index in [9.17, 15) is 9.36 Å². The fraction of sp³-hybridized carbons (Fsp3) is 0.769. The molecule has 0 aromatic heterocycles. The van der Waals surface area contributed by atoms with Crippen LogP contribution in [0.3, 0.4) is 0 Å². The SMILES string of the molecule is C=CC(=O)OCCCCCCP(=O)(OCC)OCC. The standard InChI is InChI=1S/C13H25O5P/c1-4-13(14)16-11-9-7-8-10-12-19(15,17-5-2)18-6-3/h4H,1,5-12H2,2-3H3. The summed E-state index contributed by atoms with van der Waals surface area (Å²) in [6.07, 6.45) is 5.01. The van der Waals surface area contributed by atoms with Crippen LogP contribution in [-0.2, 0) is 23.1 Å². The lowest BCUT2D eigenvalue weighted by Crippen LogP contribution is -2.02. The van der Waals surface area contributed by atoms with E-state index in [2.05, 4.69) is 6.58 Å². The second kappa shape index (κ2) is 11.2. The molecule has 0 aromatic carbocycles. The van der Waals surface area contributed by atoms with Crippen LogP contribution in [0.1, 0.15) is 39.5 Å². The van der Waals surface area contributed by atoms with Gasteiger partial charge in [0, 0.05) is 6.08 Å². The molecule has 0 saturated carbocycles. The lowest BCUT2D eigenvalue weighted by atomic mass is 10.2. The Hall–Kier alpha value is -0.640. The van der Waals surface area contributed by atoms with E-state index >= 15 is 0 Å². The van der Waals surface area contributed by atoms with E-state index in [4.69, 9.17) is 13.8 Å². The summed E-state index contributed by atoms with van der Waals surface area (Å²) in [7, 11) is -2.89. The van der Waals surface area contributed by atoms with Gasteiger partial charge in [0.2, 0.25) is 0 Å². The van der Waals surface area contributed by atoms with E-state index in [0.717, 1.165) is 31.8 Å². The number of ether oxygens (including phenoxy) is 1. The summed E-state index contributed by atoms with van der Waals surface area (Å²) in [4.78, 5) is 10.8. The van der Waals surface area contributed by atoms with Crippen LogP contribution in [0.5, 0.6) is 0 Å². The van der Waals surface area contributed by atoms with Gasteiger partial charge in [-0.25, -0.2) is 4.79 Å². The molecule has 6 heteroatoms. The average molecular weight is 292 g/mol. The van der Waals surface area contributed by atoms with Crippen LogP contribution >= 0.6 is 7.60 Å². The van der Waals surface area contributed by atoms with E-state index < -0.39 is 13.6 Å². The van der Waals surface area contributed by atoms with Crippen molar-refractivity contribution in [1.82, 2.24) is 0 Å². The van der Waals surface area contributed by atoms with Crippen LogP contribution < -0.4 is 0 Å². The van der Waals surface area contributed by atoms with Crippen molar-refractivity contribution in [2.24, 2.45) is 0 Å². The molecule has 0 saturated heterocycles. The number of unbranched alkanes of at least 4 members (excludes halogenated alkanes) is 3. The zero-order valence-corrected chi connectivity index (χ0v) is 12.8. The molecule has 0 aromatic rings. The van der Waals surface area contributed by atoms with Crippen molar-refractivity contribution in [3.05, 3.63) is 12.7 Å². The summed E-state index contributed by atoms with van der Waals surface area (Å²) in [5, 5.41) is 0. The minimum absolute atomic E-state index is 0.391. The highest BCUT2D eigenvalue weighted by Crippen LogP contribution is 2.48. The third-order valence-electron chi connectivity index (χ3n) is 2.39. The lowest BCUT2D eigenvalue weighted by Gasteiger charge is -2.16. The van der Waals surface area contributed by atoms with Gasteiger partial charge in [0.25, 0.3) is 0 Å². The molecule has 0 radical (unpaired) electrons.